The zero-order chi connectivity index (χ0) is 16.0. The fourth-order valence-corrected chi connectivity index (χ4v) is 3.57. The van der Waals surface area contributed by atoms with E-state index in [0.29, 0.717) is 13.0 Å². The zero-order valence-electron chi connectivity index (χ0n) is 12.4. The van der Waals surface area contributed by atoms with Gasteiger partial charge in [0.15, 0.2) is 0 Å². The van der Waals surface area contributed by atoms with Crippen molar-refractivity contribution in [1.29, 1.82) is 0 Å². The zero-order valence-corrected chi connectivity index (χ0v) is 12.4. The molecule has 1 N–H and O–H groups in total. The van der Waals surface area contributed by atoms with Crippen LogP contribution in [0, 0.1) is 0 Å². The van der Waals surface area contributed by atoms with Crippen LogP contribution in [0.25, 0.3) is 0 Å². The number of nitrogens with zero attached hydrogens (tertiary/aromatic N) is 1. The van der Waals surface area contributed by atoms with Crippen LogP contribution in [0.3, 0.4) is 0 Å². The molecule has 1 amide bonds. The topological polar surface area (TPSA) is 32.3 Å². The van der Waals surface area contributed by atoms with Gasteiger partial charge in [-0.25, -0.2) is 0 Å². The number of hydrogen-bond donors (Lipinski definition) is 1. The highest BCUT2D eigenvalue weighted by atomic mass is 19.4. The number of likely N-dealkylation sites (tertiary alicyclic amines) is 1. The summed E-state index contributed by atoms with van der Waals surface area (Å²) in [5, 5.41) is 3.42. The maximum Gasteiger partial charge on any atom is 0.416 e. The first-order valence-corrected chi connectivity index (χ1v) is 7.51. The van der Waals surface area contributed by atoms with E-state index in [-0.39, 0.29) is 17.5 Å². The number of carbonyl (C=O) groups is 1. The van der Waals surface area contributed by atoms with Crippen molar-refractivity contribution in [2.24, 2.45) is 0 Å². The lowest BCUT2D eigenvalue weighted by molar-refractivity contribution is -0.143. The molecule has 2 fully saturated rings. The number of rotatable bonds is 2. The van der Waals surface area contributed by atoms with Crippen molar-refractivity contribution in [1.82, 2.24) is 10.2 Å². The number of fused-ring (bicyclic) bond motifs is 1. The molecule has 0 bridgehead atoms. The Morgan fingerprint density at radius 1 is 1.32 bits per heavy atom. The maximum absolute atomic E-state index is 12.6. The molecule has 1 aromatic rings. The van der Waals surface area contributed by atoms with E-state index < -0.39 is 11.7 Å². The summed E-state index contributed by atoms with van der Waals surface area (Å²) in [4.78, 5) is 14.1. The molecular formula is C16H19F3N2O. The summed E-state index contributed by atoms with van der Waals surface area (Å²) in [5.41, 5.74) is -0.166. The minimum atomic E-state index is -4.33. The summed E-state index contributed by atoms with van der Waals surface area (Å²) in [6, 6.07) is 5.36. The van der Waals surface area contributed by atoms with Crippen LogP contribution in [0.5, 0.6) is 0 Å². The second-order valence-electron chi connectivity index (χ2n) is 6.33. The fourth-order valence-electron chi connectivity index (χ4n) is 3.57. The van der Waals surface area contributed by atoms with Crippen molar-refractivity contribution < 1.29 is 18.0 Å². The predicted molar refractivity (Wildman–Crippen MR) is 76.0 cm³/mol. The van der Waals surface area contributed by atoms with Gasteiger partial charge in [0.2, 0.25) is 5.91 Å². The van der Waals surface area contributed by atoms with E-state index in [1.165, 1.54) is 12.1 Å². The smallest absolute Gasteiger partial charge is 0.331 e. The van der Waals surface area contributed by atoms with Gasteiger partial charge in [0.05, 0.1) is 11.1 Å². The lowest BCUT2D eigenvalue weighted by atomic mass is 9.83. The number of nitrogens with one attached hydrogen (secondary N) is 1. The average Bonchev–Trinajstić information content (AvgIpc) is 2.84. The monoisotopic (exact) mass is 312 g/mol. The third-order valence-electron chi connectivity index (χ3n) is 4.96. The van der Waals surface area contributed by atoms with Crippen molar-refractivity contribution in [2.45, 2.75) is 50.5 Å². The Hall–Kier alpha value is -1.56. The summed E-state index contributed by atoms with van der Waals surface area (Å²) >= 11 is 0. The Morgan fingerprint density at radius 2 is 2.00 bits per heavy atom. The molecule has 2 saturated heterocycles. The van der Waals surface area contributed by atoms with E-state index in [9.17, 15) is 18.0 Å². The quantitative estimate of drug-likeness (QED) is 0.910. The molecule has 3 rings (SSSR count). The van der Waals surface area contributed by atoms with Crippen molar-refractivity contribution in [3.8, 4) is 0 Å². The first kappa shape index (κ1) is 15.3. The molecule has 3 nitrogen and oxygen atoms in total. The Labute approximate surface area is 127 Å². The van der Waals surface area contributed by atoms with E-state index in [4.69, 9.17) is 0 Å². The average molecular weight is 312 g/mol. The normalized spacial score (nSPS) is 28.8. The largest absolute Gasteiger partial charge is 0.416 e. The molecule has 0 spiro atoms. The standard InChI is InChI=1S/C16H19F3N2O/c1-15-8-9-20-13(15)6-7-14(22)21(15)10-11-2-4-12(5-3-11)16(17,18)19/h2-5,13,20H,6-10H2,1H3/t13?,15-/m0/s1. The summed E-state index contributed by atoms with van der Waals surface area (Å²) in [7, 11) is 0. The van der Waals surface area contributed by atoms with E-state index in [0.717, 1.165) is 37.1 Å². The summed E-state index contributed by atoms with van der Waals surface area (Å²) < 4.78 is 37.8. The summed E-state index contributed by atoms with van der Waals surface area (Å²) in [6.45, 7) is 3.31. The second-order valence-corrected chi connectivity index (χ2v) is 6.33. The molecule has 0 aliphatic carbocycles. The number of benzene rings is 1. The lowest BCUT2D eigenvalue weighted by Crippen LogP contribution is -2.59. The van der Waals surface area contributed by atoms with Crippen molar-refractivity contribution in [3.05, 3.63) is 35.4 Å². The van der Waals surface area contributed by atoms with Crippen molar-refractivity contribution in [2.75, 3.05) is 6.54 Å². The highest BCUT2D eigenvalue weighted by Gasteiger charge is 2.48. The van der Waals surface area contributed by atoms with Gasteiger partial charge in [-0.2, -0.15) is 13.2 Å². The number of halogens is 3. The molecule has 6 heteroatoms. The number of hydrogen-bond acceptors (Lipinski definition) is 2. The molecule has 2 atom stereocenters. The molecule has 2 aliphatic rings. The second kappa shape index (κ2) is 5.26. The number of piperidine rings is 1. The molecule has 2 heterocycles. The van der Waals surface area contributed by atoms with Gasteiger partial charge in [0, 0.05) is 19.0 Å². The van der Waals surface area contributed by atoms with Gasteiger partial charge in [0.25, 0.3) is 0 Å². The van der Waals surface area contributed by atoms with Crippen molar-refractivity contribution in [3.63, 3.8) is 0 Å². The third kappa shape index (κ3) is 2.60. The van der Waals surface area contributed by atoms with Crippen LogP contribution in [0.4, 0.5) is 13.2 Å². The Bertz CT molecular complexity index is 570. The third-order valence-corrected chi connectivity index (χ3v) is 4.96. The molecule has 0 saturated carbocycles. The van der Waals surface area contributed by atoms with Crippen LogP contribution in [0.1, 0.15) is 37.3 Å². The minimum absolute atomic E-state index is 0.0855. The summed E-state index contributed by atoms with van der Waals surface area (Å²) in [5.74, 6) is 0.0855. The highest BCUT2D eigenvalue weighted by molar-refractivity contribution is 5.78. The minimum Gasteiger partial charge on any atom is -0.331 e. The van der Waals surface area contributed by atoms with Crippen LogP contribution in [0.15, 0.2) is 24.3 Å². The Kier molecular flexibility index (Phi) is 3.67. The number of carbonyl (C=O) groups excluding carboxylic acids is 1. The van der Waals surface area contributed by atoms with Gasteiger partial charge in [-0.05, 0) is 44.0 Å². The first-order valence-electron chi connectivity index (χ1n) is 7.51. The molecule has 1 unspecified atom stereocenters. The van der Waals surface area contributed by atoms with Gasteiger partial charge in [-0.3, -0.25) is 4.79 Å². The Morgan fingerprint density at radius 3 is 2.64 bits per heavy atom. The maximum atomic E-state index is 12.6. The predicted octanol–water partition coefficient (Wildman–Crippen LogP) is 2.95. The molecule has 0 radical (unpaired) electrons. The van der Waals surface area contributed by atoms with Crippen LogP contribution >= 0.6 is 0 Å². The van der Waals surface area contributed by atoms with E-state index >= 15 is 0 Å². The SMILES string of the molecule is C[C@]12CCNC1CCC(=O)N2Cc1ccc(C(F)(F)F)cc1. The van der Waals surface area contributed by atoms with Crippen LogP contribution in [0.2, 0.25) is 0 Å². The molecule has 120 valence electrons. The lowest BCUT2D eigenvalue weighted by Gasteiger charge is -2.46. The molecule has 22 heavy (non-hydrogen) atoms. The number of amides is 1. The molecule has 2 aliphatic heterocycles. The van der Waals surface area contributed by atoms with Gasteiger partial charge in [-0.1, -0.05) is 12.1 Å². The van der Waals surface area contributed by atoms with E-state index in [1.807, 2.05) is 4.90 Å². The Balaban J connectivity index is 1.80. The van der Waals surface area contributed by atoms with Gasteiger partial charge in [-0.15, -0.1) is 0 Å². The van der Waals surface area contributed by atoms with Gasteiger partial charge in [0.1, 0.15) is 0 Å². The molecular weight excluding hydrogens is 293 g/mol. The fraction of sp³-hybridized carbons (Fsp3) is 0.562. The first-order chi connectivity index (χ1) is 10.3. The van der Waals surface area contributed by atoms with Gasteiger partial charge >= 0.3 is 6.18 Å². The van der Waals surface area contributed by atoms with E-state index in [1.54, 1.807) is 0 Å². The molecule has 1 aromatic carbocycles. The summed E-state index contributed by atoms with van der Waals surface area (Å²) in [6.07, 6.45) is -2.12. The van der Waals surface area contributed by atoms with Crippen LogP contribution in [-0.2, 0) is 17.5 Å². The van der Waals surface area contributed by atoms with Gasteiger partial charge < -0.3 is 10.2 Å². The number of alkyl halides is 3. The van der Waals surface area contributed by atoms with Crippen molar-refractivity contribution >= 4 is 5.91 Å². The van der Waals surface area contributed by atoms with Crippen LogP contribution < -0.4 is 5.32 Å². The highest BCUT2D eigenvalue weighted by Crippen LogP contribution is 2.37. The molecule has 0 aromatic heterocycles. The van der Waals surface area contributed by atoms with Crippen LogP contribution in [-0.4, -0.2) is 28.9 Å². The van der Waals surface area contributed by atoms with E-state index in [2.05, 4.69) is 12.2 Å².